The van der Waals surface area contributed by atoms with Crippen molar-refractivity contribution in [2.75, 3.05) is 30.7 Å². The highest BCUT2D eigenvalue weighted by Gasteiger charge is 2.24. The summed E-state index contributed by atoms with van der Waals surface area (Å²) in [5, 5.41) is 9.39. The Balaban J connectivity index is 1.53. The average molecular weight is 413 g/mol. The fourth-order valence-electron chi connectivity index (χ4n) is 3.32. The summed E-state index contributed by atoms with van der Waals surface area (Å²) in [6.07, 6.45) is 0.432. The molecule has 1 amide bonds. The maximum absolute atomic E-state index is 12.3. The van der Waals surface area contributed by atoms with Crippen molar-refractivity contribution in [3.05, 3.63) is 65.7 Å². The molecule has 3 rings (SSSR count). The zero-order chi connectivity index (χ0) is 20.5. The number of para-hydroxylation sites is 1. The number of guanidine groups is 1. The second-order valence-corrected chi connectivity index (χ2v) is 8.53. The molecule has 0 aromatic heterocycles. The highest BCUT2D eigenvalue weighted by atomic mass is 32.2. The molecule has 1 aliphatic heterocycles. The van der Waals surface area contributed by atoms with E-state index in [4.69, 9.17) is 0 Å². The fraction of sp³-hybridized carbons (Fsp3) is 0.364. The summed E-state index contributed by atoms with van der Waals surface area (Å²) in [5.41, 5.74) is 3.08. The average Bonchev–Trinajstić information content (AvgIpc) is 2.72. The van der Waals surface area contributed by atoms with E-state index in [0.29, 0.717) is 37.0 Å². The lowest BCUT2D eigenvalue weighted by Crippen LogP contribution is -2.39. The van der Waals surface area contributed by atoms with Gasteiger partial charge in [-0.3, -0.25) is 14.0 Å². The van der Waals surface area contributed by atoms with Gasteiger partial charge in [0.1, 0.15) is 0 Å². The number of nitrogens with zero attached hydrogens (tertiary/aromatic N) is 1. The molecule has 2 aromatic carbocycles. The van der Waals surface area contributed by atoms with Crippen LogP contribution in [0.25, 0.3) is 0 Å². The Kier molecular flexibility index (Phi) is 7.81. The van der Waals surface area contributed by atoms with Crippen LogP contribution in [-0.2, 0) is 21.3 Å². The smallest absolute Gasteiger partial charge is 0.225 e. The maximum atomic E-state index is 12.3. The van der Waals surface area contributed by atoms with Gasteiger partial charge in [-0.05, 0) is 24.1 Å². The van der Waals surface area contributed by atoms with Gasteiger partial charge in [0.2, 0.25) is 5.91 Å². The molecule has 0 bridgehead atoms. The fourth-order valence-corrected chi connectivity index (χ4v) is 4.36. The number of hydrogen-bond donors (Lipinski definition) is 3. The second kappa shape index (κ2) is 10.8. The predicted molar refractivity (Wildman–Crippen MR) is 120 cm³/mol. The number of fused-ring (bicyclic) bond motifs is 1. The first-order chi connectivity index (χ1) is 14.2. The number of carbonyl (C=O) groups is 1. The first-order valence-electron chi connectivity index (χ1n) is 9.95. The van der Waals surface area contributed by atoms with E-state index >= 15 is 0 Å². The van der Waals surface area contributed by atoms with Gasteiger partial charge in [0.05, 0.1) is 6.54 Å². The van der Waals surface area contributed by atoms with E-state index in [9.17, 15) is 9.00 Å². The predicted octanol–water partition coefficient (Wildman–Crippen LogP) is 2.62. The van der Waals surface area contributed by atoms with Crippen LogP contribution in [0.15, 0.2) is 59.6 Å². The van der Waals surface area contributed by atoms with Crippen molar-refractivity contribution in [2.24, 2.45) is 4.99 Å². The number of amides is 1. The Morgan fingerprint density at radius 1 is 1.14 bits per heavy atom. The molecule has 3 N–H and O–H groups in total. The van der Waals surface area contributed by atoms with Crippen LogP contribution in [0.4, 0.5) is 5.69 Å². The van der Waals surface area contributed by atoms with E-state index < -0.39 is 10.8 Å². The summed E-state index contributed by atoms with van der Waals surface area (Å²) in [5.74, 6) is 1.88. The number of rotatable bonds is 8. The van der Waals surface area contributed by atoms with Crippen LogP contribution in [0.1, 0.15) is 30.4 Å². The van der Waals surface area contributed by atoms with E-state index in [1.165, 1.54) is 0 Å². The van der Waals surface area contributed by atoms with E-state index in [0.717, 1.165) is 23.4 Å². The molecule has 7 heteroatoms. The number of benzene rings is 2. The molecule has 6 nitrogen and oxygen atoms in total. The van der Waals surface area contributed by atoms with Crippen molar-refractivity contribution in [3.63, 3.8) is 0 Å². The summed E-state index contributed by atoms with van der Waals surface area (Å²) >= 11 is 0. The van der Waals surface area contributed by atoms with E-state index in [2.05, 4.69) is 20.9 Å². The molecule has 2 aromatic rings. The summed E-state index contributed by atoms with van der Waals surface area (Å²) in [6, 6.07) is 17.8. The van der Waals surface area contributed by atoms with Crippen LogP contribution < -0.4 is 16.0 Å². The minimum atomic E-state index is -0.932. The van der Waals surface area contributed by atoms with Gasteiger partial charge in [-0.2, -0.15) is 0 Å². The Labute approximate surface area is 174 Å². The number of nitrogens with one attached hydrogen (secondary N) is 3. The molecule has 0 aliphatic carbocycles. The SMILES string of the molecule is CCNC(=NCC1CC(=O)Nc2ccccc21)NCCS(=O)Cc1ccccc1. The third kappa shape index (κ3) is 6.42. The van der Waals surface area contributed by atoms with E-state index in [-0.39, 0.29) is 11.8 Å². The molecule has 2 unspecified atom stereocenters. The topological polar surface area (TPSA) is 82.6 Å². The lowest BCUT2D eigenvalue weighted by Gasteiger charge is -2.24. The molecular weight excluding hydrogens is 384 g/mol. The van der Waals surface area contributed by atoms with Crippen LogP contribution >= 0.6 is 0 Å². The highest BCUT2D eigenvalue weighted by Crippen LogP contribution is 2.31. The van der Waals surface area contributed by atoms with Crippen molar-refractivity contribution in [1.82, 2.24) is 10.6 Å². The molecule has 29 heavy (non-hydrogen) atoms. The van der Waals surface area contributed by atoms with Crippen molar-refractivity contribution in [2.45, 2.75) is 25.0 Å². The van der Waals surface area contributed by atoms with Crippen LogP contribution in [0, 0.1) is 0 Å². The summed E-state index contributed by atoms with van der Waals surface area (Å²) in [4.78, 5) is 16.6. The monoisotopic (exact) mass is 412 g/mol. The molecule has 0 saturated carbocycles. The van der Waals surface area contributed by atoms with Gasteiger partial charge in [-0.1, -0.05) is 48.5 Å². The molecule has 1 aliphatic rings. The standard InChI is InChI=1S/C22H28N4O2S/c1-2-23-22(24-12-13-29(28)16-17-8-4-3-5-9-17)25-15-18-14-21(27)26-20-11-7-6-10-19(18)20/h3-11,18H,2,12-16H2,1H3,(H,26,27)(H2,23,24,25). The lowest BCUT2D eigenvalue weighted by atomic mass is 9.91. The van der Waals surface area contributed by atoms with Gasteiger partial charge < -0.3 is 16.0 Å². The van der Waals surface area contributed by atoms with Crippen molar-refractivity contribution < 1.29 is 9.00 Å². The van der Waals surface area contributed by atoms with E-state index in [1.807, 2.05) is 61.5 Å². The molecule has 0 saturated heterocycles. The van der Waals surface area contributed by atoms with Gasteiger partial charge in [-0.15, -0.1) is 0 Å². The molecule has 154 valence electrons. The van der Waals surface area contributed by atoms with Gasteiger partial charge in [-0.25, -0.2) is 0 Å². The van der Waals surface area contributed by atoms with Crippen molar-refractivity contribution in [3.8, 4) is 0 Å². The zero-order valence-corrected chi connectivity index (χ0v) is 17.5. The van der Waals surface area contributed by atoms with Gasteiger partial charge in [0, 0.05) is 53.4 Å². The molecule has 0 radical (unpaired) electrons. The normalized spacial score (nSPS) is 17.2. The zero-order valence-electron chi connectivity index (χ0n) is 16.7. The Morgan fingerprint density at radius 3 is 2.69 bits per heavy atom. The van der Waals surface area contributed by atoms with Crippen LogP contribution in [0.2, 0.25) is 0 Å². The summed E-state index contributed by atoms with van der Waals surface area (Å²) in [6.45, 7) is 3.84. The molecular formula is C22H28N4O2S. The Hall–Kier alpha value is -2.67. The number of aliphatic imine (C=N–C) groups is 1. The minimum Gasteiger partial charge on any atom is -0.357 e. The Morgan fingerprint density at radius 2 is 1.90 bits per heavy atom. The number of anilines is 1. The highest BCUT2D eigenvalue weighted by molar-refractivity contribution is 7.84. The molecule has 2 atom stereocenters. The maximum Gasteiger partial charge on any atom is 0.225 e. The number of carbonyl (C=O) groups excluding carboxylic acids is 1. The van der Waals surface area contributed by atoms with Crippen molar-refractivity contribution in [1.29, 1.82) is 0 Å². The van der Waals surface area contributed by atoms with Crippen LogP contribution in [-0.4, -0.2) is 41.5 Å². The van der Waals surface area contributed by atoms with E-state index in [1.54, 1.807) is 0 Å². The second-order valence-electron chi connectivity index (χ2n) is 6.96. The third-order valence-corrected chi connectivity index (χ3v) is 6.03. The quantitative estimate of drug-likeness (QED) is 0.460. The van der Waals surface area contributed by atoms with Crippen LogP contribution in [0.3, 0.4) is 0 Å². The first kappa shape index (κ1) is 21.0. The minimum absolute atomic E-state index is 0.0261. The molecule has 0 spiro atoms. The van der Waals surface area contributed by atoms with Gasteiger partial charge >= 0.3 is 0 Å². The van der Waals surface area contributed by atoms with Crippen LogP contribution in [0.5, 0.6) is 0 Å². The molecule has 1 heterocycles. The molecule has 0 fully saturated rings. The summed E-state index contributed by atoms with van der Waals surface area (Å²) < 4.78 is 12.3. The van der Waals surface area contributed by atoms with Gasteiger partial charge in [0.25, 0.3) is 0 Å². The van der Waals surface area contributed by atoms with Crippen molar-refractivity contribution >= 4 is 28.4 Å². The largest absolute Gasteiger partial charge is 0.357 e. The van der Waals surface area contributed by atoms with Gasteiger partial charge in [0.15, 0.2) is 5.96 Å². The lowest BCUT2D eigenvalue weighted by molar-refractivity contribution is -0.116. The third-order valence-electron chi connectivity index (χ3n) is 4.71. The Bertz CT molecular complexity index is 870. The first-order valence-corrected chi connectivity index (χ1v) is 11.4. The number of hydrogen-bond acceptors (Lipinski definition) is 3. The summed E-state index contributed by atoms with van der Waals surface area (Å²) in [7, 11) is -0.932.